The molecule has 0 aliphatic carbocycles. The van der Waals surface area contributed by atoms with Crippen LogP contribution in [0.15, 0.2) is 23.1 Å². The molecule has 21 heavy (non-hydrogen) atoms. The molecule has 0 aromatic heterocycles. The summed E-state index contributed by atoms with van der Waals surface area (Å²) in [4.78, 5) is 8.92. The van der Waals surface area contributed by atoms with Gasteiger partial charge in [0.25, 0.3) is 0 Å². The van der Waals surface area contributed by atoms with E-state index in [4.69, 9.17) is 0 Å². The van der Waals surface area contributed by atoms with Gasteiger partial charge in [-0.25, -0.2) is 13.1 Å². The van der Waals surface area contributed by atoms with Crippen LogP contribution < -0.4 is 4.72 Å². The lowest BCUT2D eigenvalue weighted by Gasteiger charge is -2.11. The zero-order valence-corrected chi connectivity index (χ0v) is 12.0. The Kier molecular flexibility index (Phi) is 6.15. The first-order valence-corrected chi connectivity index (χ1v) is 7.37. The molecular formula is C11H15FN2O6S. The molecule has 2 N–H and O–H groups in total. The lowest BCUT2D eigenvalue weighted by molar-refractivity contribution is -0.390. The normalized spacial score (nSPS) is 13.1. The van der Waals surface area contributed by atoms with Gasteiger partial charge in [-0.1, -0.05) is 6.07 Å². The molecule has 0 bridgehead atoms. The highest BCUT2D eigenvalue weighted by molar-refractivity contribution is 7.89. The summed E-state index contributed by atoms with van der Waals surface area (Å²) in [6.45, 7) is -0.137. The number of methoxy groups -OCH3 is 1. The zero-order chi connectivity index (χ0) is 16.0. The van der Waals surface area contributed by atoms with Crippen molar-refractivity contribution in [3.8, 4) is 0 Å². The predicted molar refractivity (Wildman–Crippen MR) is 70.7 cm³/mol. The summed E-state index contributed by atoms with van der Waals surface area (Å²) < 4.78 is 44.0. The Bertz CT molecular complexity index is 607. The quantitative estimate of drug-likeness (QED) is 0.528. The number of sulfonamides is 1. The lowest BCUT2D eigenvalue weighted by atomic mass is 10.3. The van der Waals surface area contributed by atoms with E-state index in [1.807, 2.05) is 0 Å². The van der Waals surface area contributed by atoms with Crippen LogP contribution in [0.5, 0.6) is 0 Å². The Morgan fingerprint density at radius 1 is 1.52 bits per heavy atom. The molecule has 10 heteroatoms. The van der Waals surface area contributed by atoms with Gasteiger partial charge in [0.05, 0.1) is 17.6 Å². The number of hydrogen-bond acceptors (Lipinski definition) is 6. The number of benzene rings is 1. The van der Waals surface area contributed by atoms with E-state index in [-0.39, 0.29) is 19.6 Å². The summed E-state index contributed by atoms with van der Waals surface area (Å²) >= 11 is 0. The topological polar surface area (TPSA) is 119 Å². The maximum atomic E-state index is 13.4. The number of rotatable bonds is 8. The van der Waals surface area contributed by atoms with Crippen LogP contribution in [0, 0.1) is 15.9 Å². The predicted octanol–water partition coefficient (Wildman–Crippen LogP) is 0.410. The smallest absolute Gasteiger partial charge is 0.324 e. The van der Waals surface area contributed by atoms with Gasteiger partial charge in [-0.3, -0.25) is 10.1 Å². The molecule has 0 aliphatic rings. The molecule has 0 radical (unpaired) electrons. The third-order valence-electron chi connectivity index (χ3n) is 2.55. The molecule has 0 aliphatic heterocycles. The van der Waals surface area contributed by atoms with E-state index in [9.17, 15) is 28.0 Å². The number of aliphatic hydroxyl groups excluding tert-OH is 1. The van der Waals surface area contributed by atoms with E-state index in [1.165, 1.54) is 7.11 Å². The summed E-state index contributed by atoms with van der Waals surface area (Å²) in [7, 11) is -2.87. The SMILES string of the molecule is COCC(O)CCNS(=O)(=O)c1cccc(F)c1[N+](=O)[O-]. The Morgan fingerprint density at radius 2 is 2.19 bits per heavy atom. The highest BCUT2D eigenvalue weighted by atomic mass is 32.2. The summed E-state index contributed by atoms with van der Waals surface area (Å²) in [6.07, 6.45) is -0.823. The van der Waals surface area contributed by atoms with Crippen molar-refractivity contribution < 1.29 is 27.6 Å². The van der Waals surface area contributed by atoms with Crippen LogP contribution in [-0.4, -0.2) is 44.8 Å². The lowest BCUT2D eigenvalue weighted by Crippen LogP contribution is -2.29. The number of ether oxygens (including phenoxy) is 1. The second-order valence-electron chi connectivity index (χ2n) is 4.14. The van der Waals surface area contributed by atoms with Crippen molar-refractivity contribution in [1.82, 2.24) is 4.72 Å². The molecule has 8 nitrogen and oxygen atoms in total. The summed E-state index contributed by atoms with van der Waals surface area (Å²) in [6, 6.07) is 2.81. The van der Waals surface area contributed by atoms with Gasteiger partial charge in [-0.2, -0.15) is 4.39 Å². The molecule has 1 rings (SSSR count). The molecule has 1 atom stereocenters. The maximum Gasteiger partial charge on any atom is 0.324 e. The summed E-state index contributed by atoms with van der Waals surface area (Å²) in [5, 5.41) is 20.1. The van der Waals surface area contributed by atoms with Crippen LogP contribution in [-0.2, 0) is 14.8 Å². The van der Waals surface area contributed by atoms with E-state index < -0.39 is 37.5 Å². The molecule has 1 unspecified atom stereocenters. The standard InChI is InChI=1S/C11H15FN2O6S/c1-20-7-8(15)5-6-13-21(18,19)10-4-2-3-9(12)11(10)14(16)17/h2-4,8,13,15H,5-7H2,1H3. The molecule has 0 heterocycles. The molecule has 0 saturated carbocycles. The van der Waals surface area contributed by atoms with E-state index in [0.717, 1.165) is 18.2 Å². The largest absolute Gasteiger partial charge is 0.391 e. The van der Waals surface area contributed by atoms with Gasteiger partial charge in [0, 0.05) is 13.7 Å². The maximum absolute atomic E-state index is 13.4. The minimum absolute atomic E-state index is 0.0296. The van der Waals surface area contributed by atoms with E-state index >= 15 is 0 Å². The number of nitro groups is 1. The van der Waals surface area contributed by atoms with Crippen molar-refractivity contribution in [2.75, 3.05) is 20.3 Å². The van der Waals surface area contributed by atoms with Gasteiger partial charge in [0.1, 0.15) is 0 Å². The summed E-state index contributed by atoms with van der Waals surface area (Å²) in [5.74, 6) is -1.23. The second kappa shape index (κ2) is 7.41. The molecule has 0 amide bonds. The molecule has 1 aromatic rings. The van der Waals surface area contributed by atoms with Gasteiger partial charge in [-0.05, 0) is 18.6 Å². The van der Waals surface area contributed by atoms with Crippen molar-refractivity contribution in [3.05, 3.63) is 34.1 Å². The molecular weight excluding hydrogens is 307 g/mol. The Hall–Kier alpha value is -1.62. The Labute approximate surface area is 120 Å². The van der Waals surface area contributed by atoms with Gasteiger partial charge in [0.15, 0.2) is 4.90 Å². The highest BCUT2D eigenvalue weighted by Crippen LogP contribution is 2.26. The minimum atomic E-state index is -4.25. The highest BCUT2D eigenvalue weighted by Gasteiger charge is 2.29. The number of halogens is 1. The van der Waals surface area contributed by atoms with Gasteiger partial charge >= 0.3 is 5.69 Å². The number of nitrogens with one attached hydrogen (secondary N) is 1. The average Bonchev–Trinajstić information content (AvgIpc) is 2.38. The molecule has 0 saturated heterocycles. The molecule has 1 aromatic carbocycles. The van der Waals surface area contributed by atoms with Gasteiger partial charge in [0.2, 0.25) is 15.8 Å². The Balaban J connectivity index is 2.89. The minimum Gasteiger partial charge on any atom is -0.391 e. The third kappa shape index (κ3) is 4.70. The summed E-state index contributed by atoms with van der Waals surface area (Å²) in [5.41, 5.74) is -1.11. The third-order valence-corrected chi connectivity index (χ3v) is 4.04. The zero-order valence-electron chi connectivity index (χ0n) is 11.2. The first kappa shape index (κ1) is 17.4. The fraction of sp³-hybridized carbons (Fsp3) is 0.455. The van der Waals surface area contributed by atoms with Crippen LogP contribution in [0.1, 0.15) is 6.42 Å². The first-order chi connectivity index (χ1) is 9.79. The van der Waals surface area contributed by atoms with Crippen LogP contribution in [0.4, 0.5) is 10.1 Å². The van der Waals surface area contributed by atoms with Crippen molar-refractivity contribution in [2.24, 2.45) is 0 Å². The van der Waals surface area contributed by atoms with Crippen LogP contribution in [0.2, 0.25) is 0 Å². The van der Waals surface area contributed by atoms with Crippen molar-refractivity contribution in [2.45, 2.75) is 17.4 Å². The second-order valence-corrected chi connectivity index (χ2v) is 5.87. The van der Waals surface area contributed by atoms with E-state index in [2.05, 4.69) is 9.46 Å². The van der Waals surface area contributed by atoms with E-state index in [1.54, 1.807) is 0 Å². The van der Waals surface area contributed by atoms with Crippen LogP contribution in [0.3, 0.4) is 0 Å². The number of nitrogens with zero attached hydrogens (tertiary/aromatic N) is 1. The van der Waals surface area contributed by atoms with Gasteiger partial charge < -0.3 is 9.84 Å². The van der Waals surface area contributed by atoms with E-state index in [0.29, 0.717) is 0 Å². The van der Waals surface area contributed by atoms with Crippen LogP contribution >= 0.6 is 0 Å². The van der Waals surface area contributed by atoms with Crippen molar-refractivity contribution in [3.63, 3.8) is 0 Å². The molecule has 118 valence electrons. The average molecular weight is 322 g/mol. The number of nitro benzene ring substituents is 1. The number of hydrogen-bond donors (Lipinski definition) is 2. The fourth-order valence-electron chi connectivity index (χ4n) is 1.60. The molecule has 0 spiro atoms. The Morgan fingerprint density at radius 3 is 2.76 bits per heavy atom. The fourth-order valence-corrected chi connectivity index (χ4v) is 2.83. The first-order valence-electron chi connectivity index (χ1n) is 5.89. The van der Waals surface area contributed by atoms with Crippen molar-refractivity contribution in [1.29, 1.82) is 0 Å². The van der Waals surface area contributed by atoms with Gasteiger partial charge in [-0.15, -0.1) is 0 Å². The monoisotopic (exact) mass is 322 g/mol. The molecule has 0 fully saturated rings. The van der Waals surface area contributed by atoms with Crippen molar-refractivity contribution >= 4 is 15.7 Å². The van der Waals surface area contributed by atoms with Crippen LogP contribution in [0.25, 0.3) is 0 Å². The number of para-hydroxylation sites is 1. The number of aliphatic hydroxyl groups is 1.